The van der Waals surface area contributed by atoms with E-state index in [9.17, 15) is 46.7 Å². The maximum atomic E-state index is 13.7. The van der Waals surface area contributed by atoms with E-state index in [1.54, 1.807) is 0 Å². The molecule has 1 aliphatic rings. The van der Waals surface area contributed by atoms with Gasteiger partial charge >= 0.3 is 47.4 Å². The zero-order valence-corrected chi connectivity index (χ0v) is 26.9. The lowest BCUT2D eigenvalue weighted by atomic mass is 9.88. The van der Waals surface area contributed by atoms with Crippen LogP contribution in [0.25, 0.3) is 11.0 Å². The van der Waals surface area contributed by atoms with Crippen LogP contribution in [0.1, 0.15) is 46.6 Å². The molecule has 1 saturated heterocycles. The van der Waals surface area contributed by atoms with Gasteiger partial charge in [-0.15, -0.1) is 0 Å². The Morgan fingerprint density at radius 2 is 1.61 bits per heavy atom. The molecule has 1 fully saturated rings. The summed E-state index contributed by atoms with van der Waals surface area (Å²) in [5.41, 5.74) is -3.27. The number of hydrogen-bond acceptors (Lipinski definition) is 15. The molecular formula is C30H32F3NO15. The number of halogens is 3. The quantitative estimate of drug-likeness (QED) is 0.201. The fourth-order valence-electron chi connectivity index (χ4n) is 5.13. The summed E-state index contributed by atoms with van der Waals surface area (Å²) in [6.07, 6.45) is -12.6. The molecule has 0 aliphatic carbocycles. The largest absolute Gasteiger partial charge is 0.464 e. The van der Waals surface area contributed by atoms with Gasteiger partial charge in [0.2, 0.25) is 5.91 Å². The number of methoxy groups -OCH3 is 1. The first kappa shape index (κ1) is 38.2. The van der Waals surface area contributed by atoms with Gasteiger partial charge in [0.1, 0.15) is 30.1 Å². The second-order valence-corrected chi connectivity index (χ2v) is 10.7. The molecule has 2 aromatic rings. The fourth-order valence-corrected chi connectivity index (χ4v) is 5.13. The van der Waals surface area contributed by atoms with E-state index in [0.717, 1.165) is 59.9 Å². The molecule has 6 atom stereocenters. The molecule has 1 N–H and O–H groups in total. The highest BCUT2D eigenvalue weighted by atomic mass is 19.4. The summed E-state index contributed by atoms with van der Waals surface area (Å²) in [5, 5.41) is 1.94. The van der Waals surface area contributed by atoms with Gasteiger partial charge in [0.15, 0.2) is 12.2 Å². The average Bonchev–Trinajstić information content (AvgIpc) is 2.97. The number of alkyl halides is 3. The number of fused-ring (bicyclic) bond motifs is 1. The van der Waals surface area contributed by atoms with Crippen LogP contribution in [0.2, 0.25) is 0 Å². The highest BCUT2D eigenvalue weighted by Crippen LogP contribution is 2.40. The molecule has 6 unspecified atom stereocenters. The van der Waals surface area contributed by atoms with Crippen LogP contribution >= 0.6 is 0 Å². The zero-order valence-electron chi connectivity index (χ0n) is 26.9. The standard InChI is InChI=1S/C30H32F3NO15/c1-13(35)34-25-22(44-15(3)37)11-29(28(41)42-6,48-18-7-8-19-20(30(31,32)33)10-24(40)47-21(19)9-18)49-27(25)26(46-17(5)39)23(45-16(4)38)12-43-14(2)36/h7-10,22-23,25-27H,11-12H2,1-6H3,(H,34,35). The maximum Gasteiger partial charge on any atom is 0.417 e. The number of hydrogen-bond donors (Lipinski definition) is 1. The number of nitrogens with one attached hydrogen (secondary N) is 1. The molecule has 3 rings (SSSR count). The van der Waals surface area contributed by atoms with Crippen LogP contribution in [0.15, 0.2) is 33.5 Å². The van der Waals surface area contributed by atoms with Gasteiger partial charge in [0.05, 0.1) is 25.1 Å². The van der Waals surface area contributed by atoms with Gasteiger partial charge in [-0.1, -0.05) is 0 Å². The number of carbonyl (C=O) groups is 6. The van der Waals surface area contributed by atoms with Gasteiger partial charge < -0.3 is 42.9 Å². The summed E-state index contributed by atoms with van der Waals surface area (Å²) < 4.78 is 84.0. The lowest BCUT2D eigenvalue weighted by molar-refractivity contribution is -0.289. The van der Waals surface area contributed by atoms with Crippen molar-refractivity contribution in [1.82, 2.24) is 5.32 Å². The van der Waals surface area contributed by atoms with Crippen LogP contribution in [0.4, 0.5) is 13.2 Å². The molecule has 0 radical (unpaired) electrons. The molecule has 0 saturated carbocycles. The van der Waals surface area contributed by atoms with E-state index in [2.05, 4.69) is 5.32 Å². The van der Waals surface area contributed by atoms with Crippen molar-refractivity contribution in [3.63, 3.8) is 0 Å². The second kappa shape index (κ2) is 15.3. The Bertz CT molecular complexity index is 1670. The normalized spacial score (nSPS) is 21.8. The molecule has 1 aromatic heterocycles. The van der Waals surface area contributed by atoms with Crippen molar-refractivity contribution in [2.45, 2.75) is 83.5 Å². The Kier molecular flexibility index (Phi) is 12.0. The average molecular weight is 704 g/mol. The first-order valence-corrected chi connectivity index (χ1v) is 14.3. The van der Waals surface area contributed by atoms with Crippen molar-refractivity contribution < 1.29 is 79.5 Å². The predicted molar refractivity (Wildman–Crippen MR) is 153 cm³/mol. The Hall–Kier alpha value is -5.20. The van der Waals surface area contributed by atoms with E-state index in [0.29, 0.717) is 0 Å². The molecule has 16 nitrogen and oxygen atoms in total. The third-order valence-corrected chi connectivity index (χ3v) is 6.80. The van der Waals surface area contributed by atoms with Gasteiger partial charge in [0.25, 0.3) is 0 Å². The Morgan fingerprint density at radius 1 is 0.959 bits per heavy atom. The lowest BCUT2D eigenvalue weighted by Gasteiger charge is -2.48. The van der Waals surface area contributed by atoms with Crippen molar-refractivity contribution in [1.29, 1.82) is 0 Å². The molecule has 0 bridgehead atoms. The SMILES string of the molecule is COC(=O)C1(Oc2ccc3c(C(F)(F)F)cc(=O)oc3c2)CC(OC(C)=O)C(NC(C)=O)C(C(OC(C)=O)C(COC(C)=O)OC(C)=O)O1. The van der Waals surface area contributed by atoms with Gasteiger partial charge in [-0.2, -0.15) is 13.2 Å². The minimum absolute atomic E-state index is 0.254. The first-order valence-electron chi connectivity index (χ1n) is 14.3. The number of carbonyl (C=O) groups excluding carboxylic acids is 6. The molecule has 0 spiro atoms. The molecule has 19 heteroatoms. The molecule has 1 amide bonds. The number of benzene rings is 1. The van der Waals surface area contributed by atoms with E-state index < -0.39 is 119 Å². The zero-order chi connectivity index (χ0) is 36.8. The predicted octanol–water partition coefficient (Wildman–Crippen LogP) is 1.71. The van der Waals surface area contributed by atoms with Gasteiger partial charge in [-0.05, 0) is 12.1 Å². The van der Waals surface area contributed by atoms with Crippen LogP contribution in [0.5, 0.6) is 5.75 Å². The van der Waals surface area contributed by atoms with Gasteiger partial charge in [-0.3, -0.25) is 24.0 Å². The minimum Gasteiger partial charge on any atom is -0.464 e. The molecule has 1 aliphatic heterocycles. The Morgan fingerprint density at radius 3 is 2.14 bits per heavy atom. The van der Waals surface area contributed by atoms with Crippen molar-refractivity contribution in [2.75, 3.05) is 13.7 Å². The number of amides is 1. The molecular weight excluding hydrogens is 671 g/mol. The number of ether oxygens (including phenoxy) is 7. The van der Waals surface area contributed by atoms with Crippen LogP contribution in [0, 0.1) is 0 Å². The summed E-state index contributed by atoms with van der Waals surface area (Å²) in [4.78, 5) is 86.3. The highest BCUT2D eigenvalue weighted by Gasteiger charge is 2.60. The molecule has 2 heterocycles. The van der Waals surface area contributed by atoms with E-state index in [1.165, 1.54) is 0 Å². The van der Waals surface area contributed by atoms with Gasteiger partial charge in [-0.25, -0.2) is 9.59 Å². The van der Waals surface area contributed by atoms with Crippen LogP contribution in [0.3, 0.4) is 0 Å². The minimum atomic E-state index is -4.95. The summed E-state index contributed by atoms with van der Waals surface area (Å²) in [7, 11) is 0.910. The first-order chi connectivity index (χ1) is 22.8. The fraction of sp³-hybridized carbons (Fsp3) is 0.500. The number of rotatable bonds is 11. The van der Waals surface area contributed by atoms with Crippen molar-refractivity contribution in [3.8, 4) is 5.75 Å². The van der Waals surface area contributed by atoms with Crippen molar-refractivity contribution >= 4 is 46.7 Å². The summed E-state index contributed by atoms with van der Waals surface area (Å²) in [6.45, 7) is 4.28. The van der Waals surface area contributed by atoms with E-state index in [4.69, 9.17) is 37.6 Å². The van der Waals surface area contributed by atoms with E-state index in [1.807, 2.05) is 0 Å². The third-order valence-electron chi connectivity index (χ3n) is 6.80. The summed E-state index contributed by atoms with van der Waals surface area (Å²) in [6, 6.07) is 1.48. The van der Waals surface area contributed by atoms with Crippen molar-refractivity contribution in [2.24, 2.45) is 0 Å². The number of esters is 5. The lowest BCUT2D eigenvalue weighted by Crippen LogP contribution is -2.70. The van der Waals surface area contributed by atoms with E-state index in [-0.39, 0.29) is 6.07 Å². The second-order valence-electron chi connectivity index (χ2n) is 10.7. The monoisotopic (exact) mass is 703 g/mol. The van der Waals surface area contributed by atoms with Crippen LogP contribution in [-0.2, 0) is 63.4 Å². The molecule has 268 valence electrons. The highest BCUT2D eigenvalue weighted by molar-refractivity contribution is 5.83. The summed E-state index contributed by atoms with van der Waals surface area (Å²) in [5.74, 6) is -8.96. The van der Waals surface area contributed by atoms with Gasteiger partial charge in [0, 0.05) is 52.1 Å². The van der Waals surface area contributed by atoms with Crippen LogP contribution < -0.4 is 15.7 Å². The molecule has 49 heavy (non-hydrogen) atoms. The topological polar surface area (TPSA) is 209 Å². The third kappa shape index (κ3) is 9.68. The van der Waals surface area contributed by atoms with Crippen molar-refractivity contribution in [3.05, 3.63) is 40.2 Å². The Balaban J connectivity index is 2.28. The Labute approximate surface area is 275 Å². The molecule has 1 aromatic carbocycles. The van der Waals surface area contributed by atoms with Crippen LogP contribution in [-0.4, -0.2) is 85.7 Å². The maximum absolute atomic E-state index is 13.7. The van der Waals surface area contributed by atoms with E-state index >= 15 is 0 Å². The smallest absolute Gasteiger partial charge is 0.417 e. The summed E-state index contributed by atoms with van der Waals surface area (Å²) >= 11 is 0.